The number of hydrogen-bond donors (Lipinski definition) is 0. The minimum Gasteiger partial charge on any atom is -0.344 e. The second kappa shape index (κ2) is 13.5. The van der Waals surface area contributed by atoms with Crippen LogP contribution in [0.25, 0.3) is 83.8 Å². The van der Waals surface area contributed by atoms with Gasteiger partial charge in [0.1, 0.15) is 0 Å². The zero-order valence-electron chi connectivity index (χ0n) is 35.9. The Morgan fingerprint density at radius 3 is 1.87 bits per heavy atom. The van der Waals surface area contributed by atoms with Gasteiger partial charge in [-0.1, -0.05) is 180 Å². The van der Waals surface area contributed by atoms with Crippen molar-refractivity contribution in [2.75, 3.05) is 11.9 Å². The summed E-state index contributed by atoms with van der Waals surface area (Å²) in [5.41, 5.74) is 22.7. The lowest BCUT2D eigenvalue weighted by atomic mass is 9.79. The minimum atomic E-state index is -0.143. The van der Waals surface area contributed by atoms with Gasteiger partial charge in [-0.25, -0.2) is 0 Å². The standard InChI is InChI=1S/C60H49N/c1-8-16-51-43(9-2)45-30-27-40(35-54(45)60(51,5)6)39-28-31-48-50(33-39)58(41-29-32-53-49(34-41)44-18-13-14-21-52(44)59(53,3)4)47-20-12-11-19-46(47)57(48)42-26-25-38-24-23-37-17-10-15-22-55(37)61(7)56(38)36-42/h8-36H,2H2,1,3-7H3/b16-8-. The van der Waals surface area contributed by atoms with Crippen LogP contribution in [0.15, 0.2) is 176 Å². The number of benzene rings is 8. The van der Waals surface area contributed by atoms with E-state index in [9.17, 15) is 0 Å². The molecular formula is C60H49N. The Morgan fingerprint density at radius 1 is 0.475 bits per heavy atom. The predicted octanol–water partition coefficient (Wildman–Crippen LogP) is 16.4. The highest BCUT2D eigenvalue weighted by Gasteiger charge is 2.37. The molecule has 8 aromatic rings. The van der Waals surface area contributed by atoms with Gasteiger partial charge in [0.2, 0.25) is 0 Å². The second-order valence-electron chi connectivity index (χ2n) is 18.1. The molecule has 8 aromatic carbocycles. The van der Waals surface area contributed by atoms with Crippen LogP contribution in [0.3, 0.4) is 0 Å². The molecule has 1 nitrogen and oxygen atoms in total. The Hall–Kier alpha value is -6.96. The first-order valence-corrected chi connectivity index (χ1v) is 21.6. The average molecular weight is 784 g/mol. The molecule has 3 aliphatic rings. The molecule has 0 aromatic heterocycles. The summed E-state index contributed by atoms with van der Waals surface area (Å²) in [6.07, 6.45) is 10.9. The Balaban J connectivity index is 1.18. The normalized spacial score (nSPS) is 15.5. The zero-order valence-corrected chi connectivity index (χ0v) is 35.9. The summed E-state index contributed by atoms with van der Waals surface area (Å²) in [4.78, 5) is 2.35. The van der Waals surface area contributed by atoms with Crippen molar-refractivity contribution in [2.24, 2.45) is 0 Å². The van der Waals surface area contributed by atoms with Gasteiger partial charge in [0, 0.05) is 29.3 Å². The van der Waals surface area contributed by atoms with Crippen LogP contribution in [-0.2, 0) is 10.8 Å². The van der Waals surface area contributed by atoms with Crippen LogP contribution in [0.2, 0.25) is 0 Å². The Kier molecular flexibility index (Phi) is 8.22. The van der Waals surface area contributed by atoms with Crippen LogP contribution in [0.4, 0.5) is 11.4 Å². The fourth-order valence-electron chi connectivity index (χ4n) is 11.0. The van der Waals surface area contributed by atoms with Crippen molar-refractivity contribution in [3.8, 4) is 44.5 Å². The molecule has 0 N–H and O–H groups in total. The zero-order chi connectivity index (χ0) is 41.8. The van der Waals surface area contributed by atoms with Gasteiger partial charge in [-0.15, -0.1) is 0 Å². The summed E-state index contributed by atoms with van der Waals surface area (Å²) in [6, 6.07) is 55.2. The van der Waals surface area contributed by atoms with Crippen molar-refractivity contribution in [1.29, 1.82) is 0 Å². The molecule has 294 valence electrons. The van der Waals surface area contributed by atoms with Crippen molar-refractivity contribution in [2.45, 2.75) is 45.4 Å². The highest BCUT2D eigenvalue weighted by molar-refractivity contribution is 6.22. The van der Waals surface area contributed by atoms with Crippen molar-refractivity contribution in [3.63, 3.8) is 0 Å². The monoisotopic (exact) mass is 783 g/mol. The van der Waals surface area contributed by atoms with Crippen LogP contribution < -0.4 is 4.90 Å². The molecule has 0 spiro atoms. The lowest BCUT2D eigenvalue weighted by Gasteiger charge is -2.24. The summed E-state index contributed by atoms with van der Waals surface area (Å²) in [5, 5.41) is 5.01. The molecule has 1 heterocycles. The number of para-hydroxylation sites is 1. The fourth-order valence-corrected chi connectivity index (χ4v) is 11.0. The first-order chi connectivity index (χ1) is 29.6. The molecule has 11 rings (SSSR count). The molecule has 0 bridgehead atoms. The summed E-state index contributed by atoms with van der Waals surface area (Å²) in [5.74, 6) is 0. The fraction of sp³-hybridized carbons (Fsp3) is 0.133. The van der Waals surface area contributed by atoms with Crippen molar-refractivity contribution >= 4 is 50.6 Å². The number of rotatable bonds is 5. The molecule has 1 heteroatoms. The Labute approximate surface area is 360 Å². The van der Waals surface area contributed by atoms with Gasteiger partial charge in [-0.05, 0) is 148 Å². The highest BCUT2D eigenvalue weighted by atomic mass is 15.1. The molecule has 0 unspecified atom stereocenters. The van der Waals surface area contributed by atoms with E-state index in [2.05, 4.69) is 223 Å². The molecule has 61 heavy (non-hydrogen) atoms. The Morgan fingerprint density at radius 2 is 1.08 bits per heavy atom. The summed E-state index contributed by atoms with van der Waals surface area (Å²) < 4.78 is 0. The van der Waals surface area contributed by atoms with Gasteiger partial charge >= 0.3 is 0 Å². The smallest absolute Gasteiger partial charge is 0.0488 e. The third-order valence-corrected chi connectivity index (χ3v) is 14.1. The van der Waals surface area contributed by atoms with Crippen molar-refractivity contribution in [1.82, 2.24) is 0 Å². The Bertz CT molecular complexity index is 3290. The van der Waals surface area contributed by atoms with E-state index < -0.39 is 0 Å². The van der Waals surface area contributed by atoms with Crippen LogP contribution in [-0.4, -0.2) is 7.05 Å². The van der Waals surface area contributed by atoms with E-state index in [0.717, 1.165) is 0 Å². The van der Waals surface area contributed by atoms with Gasteiger partial charge in [-0.3, -0.25) is 0 Å². The molecule has 0 amide bonds. The summed E-state index contributed by atoms with van der Waals surface area (Å²) in [7, 11) is 2.19. The largest absolute Gasteiger partial charge is 0.344 e. The molecule has 2 aliphatic carbocycles. The number of fused-ring (bicyclic) bond motifs is 8. The highest BCUT2D eigenvalue weighted by Crippen LogP contribution is 2.53. The average Bonchev–Trinajstić information content (AvgIpc) is 3.57. The van der Waals surface area contributed by atoms with Crippen LogP contribution in [0.5, 0.6) is 0 Å². The van der Waals surface area contributed by atoms with Crippen molar-refractivity contribution in [3.05, 3.63) is 209 Å². The van der Waals surface area contributed by atoms with Crippen LogP contribution in [0, 0.1) is 0 Å². The number of nitrogens with zero attached hydrogens (tertiary/aromatic N) is 1. The molecular weight excluding hydrogens is 735 g/mol. The maximum absolute atomic E-state index is 4.24. The molecule has 0 radical (unpaired) electrons. The van der Waals surface area contributed by atoms with Crippen LogP contribution >= 0.6 is 0 Å². The second-order valence-corrected chi connectivity index (χ2v) is 18.1. The maximum Gasteiger partial charge on any atom is 0.0488 e. The van der Waals surface area contributed by atoms with Gasteiger partial charge in [-0.2, -0.15) is 0 Å². The lowest BCUT2D eigenvalue weighted by molar-refractivity contribution is 0.654. The van der Waals surface area contributed by atoms with Gasteiger partial charge in [0.05, 0.1) is 0 Å². The predicted molar refractivity (Wildman–Crippen MR) is 264 cm³/mol. The van der Waals surface area contributed by atoms with E-state index in [1.165, 1.54) is 122 Å². The first kappa shape index (κ1) is 37.1. The summed E-state index contributed by atoms with van der Waals surface area (Å²) >= 11 is 0. The summed E-state index contributed by atoms with van der Waals surface area (Å²) in [6.45, 7) is 15.8. The molecule has 0 atom stereocenters. The van der Waals surface area contributed by atoms with E-state index in [0.29, 0.717) is 0 Å². The third-order valence-electron chi connectivity index (χ3n) is 14.1. The van der Waals surface area contributed by atoms with Gasteiger partial charge < -0.3 is 4.90 Å². The minimum absolute atomic E-state index is 0.0612. The molecule has 0 fully saturated rings. The van der Waals surface area contributed by atoms with E-state index in [4.69, 9.17) is 0 Å². The number of anilines is 2. The SMILES string of the molecule is C=CC1=C(/C=C\C)C(C)(C)c2cc(-c3ccc4c(-c5ccc6c(c5)N(C)c5ccccc5C=C6)c5ccccc5c(-c5ccc6c(c5)-c5ccccc5C6(C)C)c4c3)ccc21. The first-order valence-electron chi connectivity index (χ1n) is 21.6. The van der Waals surface area contributed by atoms with Gasteiger partial charge in [0.25, 0.3) is 0 Å². The number of hydrogen-bond acceptors (Lipinski definition) is 1. The van der Waals surface area contributed by atoms with E-state index >= 15 is 0 Å². The maximum atomic E-state index is 4.24. The van der Waals surface area contributed by atoms with E-state index in [-0.39, 0.29) is 10.8 Å². The molecule has 0 saturated carbocycles. The number of allylic oxidation sites excluding steroid dienone is 5. The molecule has 1 aliphatic heterocycles. The quantitative estimate of drug-likeness (QED) is 0.157. The van der Waals surface area contributed by atoms with E-state index in [1.54, 1.807) is 0 Å². The lowest BCUT2D eigenvalue weighted by Crippen LogP contribution is -2.16. The third kappa shape index (κ3) is 5.39. The van der Waals surface area contributed by atoms with E-state index in [1.807, 2.05) is 6.08 Å². The topological polar surface area (TPSA) is 3.24 Å². The van der Waals surface area contributed by atoms with Crippen LogP contribution in [0.1, 0.15) is 68.0 Å². The van der Waals surface area contributed by atoms with Crippen molar-refractivity contribution < 1.29 is 0 Å². The van der Waals surface area contributed by atoms with Gasteiger partial charge in [0.15, 0.2) is 0 Å². The molecule has 0 saturated heterocycles.